The zero-order valence-electron chi connectivity index (χ0n) is 33.7. The number of carbonyl (C=O) groups excluding carboxylic acids is 3. The summed E-state index contributed by atoms with van der Waals surface area (Å²) in [6.07, 6.45) is 0. The van der Waals surface area contributed by atoms with Crippen molar-refractivity contribution in [1.29, 1.82) is 0 Å². The first-order chi connectivity index (χ1) is 29.8. The van der Waals surface area contributed by atoms with E-state index in [4.69, 9.17) is 31.4 Å². The van der Waals surface area contributed by atoms with Gasteiger partial charge in [-0.1, -0.05) is 146 Å². The molecule has 0 spiro atoms. The molecule has 61 heavy (non-hydrogen) atoms. The average Bonchev–Trinajstić information content (AvgIpc) is 3.91. The second kappa shape index (κ2) is 17.3. The Morgan fingerprint density at radius 3 is 0.787 bits per heavy atom. The van der Waals surface area contributed by atoms with Gasteiger partial charge in [0, 0.05) is 37.4 Å². The van der Waals surface area contributed by atoms with Crippen molar-refractivity contribution in [1.82, 2.24) is 4.90 Å². The number of benzene rings is 6. The minimum atomic E-state index is -1.14. The predicted octanol–water partition coefficient (Wildman–Crippen LogP) is 6.34. The third kappa shape index (κ3) is 7.87. The van der Waals surface area contributed by atoms with Gasteiger partial charge in [0.2, 0.25) is 0 Å². The lowest BCUT2D eigenvalue weighted by Crippen LogP contribution is -2.54. The van der Waals surface area contributed by atoms with Crippen molar-refractivity contribution >= 4 is 17.9 Å². The van der Waals surface area contributed by atoms with Crippen LogP contribution in [0.1, 0.15) is 51.1 Å². The van der Waals surface area contributed by atoms with Gasteiger partial charge >= 0.3 is 17.9 Å². The van der Waals surface area contributed by atoms with Crippen molar-refractivity contribution in [2.24, 2.45) is 17.2 Å². The van der Waals surface area contributed by atoms with Crippen LogP contribution in [0.2, 0.25) is 0 Å². The maximum absolute atomic E-state index is 13.6. The molecule has 3 atom stereocenters. The van der Waals surface area contributed by atoms with Gasteiger partial charge in [-0.25, -0.2) is 0 Å². The summed E-state index contributed by atoms with van der Waals surface area (Å²) >= 11 is 0. The van der Waals surface area contributed by atoms with Crippen LogP contribution in [0.25, 0.3) is 33.4 Å². The van der Waals surface area contributed by atoms with E-state index in [1.54, 1.807) is 4.90 Å². The highest BCUT2D eigenvalue weighted by atomic mass is 16.5. The van der Waals surface area contributed by atoms with Gasteiger partial charge in [-0.3, -0.25) is 19.3 Å². The topological polar surface area (TPSA) is 160 Å². The van der Waals surface area contributed by atoms with E-state index in [1.807, 2.05) is 109 Å². The minimum absolute atomic E-state index is 0.0919. The van der Waals surface area contributed by atoms with E-state index in [0.717, 1.165) is 66.8 Å². The number of esters is 3. The molecular weight excluding hydrogens is 765 g/mol. The first kappa shape index (κ1) is 40.0. The lowest BCUT2D eigenvalue weighted by atomic mass is 9.98. The molecular formula is C51H48N4O6. The van der Waals surface area contributed by atoms with Gasteiger partial charge in [-0.15, -0.1) is 0 Å². The molecule has 3 aliphatic carbocycles. The molecule has 6 aromatic rings. The van der Waals surface area contributed by atoms with Crippen molar-refractivity contribution in [2.75, 3.05) is 39.5 Å². The van der Waals surface area contributed by atoms with Crippen LogP contribution >= 0.6 is 0 Å². The molecule has 6 N–H and O–H groups in total. The molecule has 3 unspecified atom stereocenters. The lowest BCUT2D eigenvalue weighted by Gasteiger charge is -2.29. The summed E-state index contributed by atoms with van der Waals surface area (Å²) in [7, 11) is 0. The van der Waals surface area contributed by atoms with Crippen LogP contribution in [0, 0.1) is 0 Å². The molecule has 0 amide bonds. The standard InChI is InChI=1S/C51H48N4O6/c52-46(49(56)59-28-43-37-19-7-1-13-31(37)32-14-2-8-20-38(32)43)25-55(26-47(53)50(57)60-29-44-39-21-9-3-15-33(39)34-16-4-10-22-40(34)44)27-48(54)51(58)61-30-45-41-23-11-5-17-35(41)36-18-6-12-24-42(36)45/h1-24,43-48H,25-30,52-54H2. The van der Waals surface area contributed by atoms with Gasteiger partial charge in [0.15, 0.2) is 0 Å². The van der Waals surface area contributed by atoms with E-state index in [1.165, 1.54) is 0 Å². The molecule has 0 radical (unpaired) electrons. The first-order valence-corrected chi connectivity index (χ1v) is 20.8. The second-order valence-electron chi connectivity index (χ2n) is 16.1. The fourth-order valence-electron chi connectivity index (χ4n) is 9.42. The summed E-state index contributed by atoms with van der Waals surface area (Å²) in [5, 5.41) is 0. The summed E-state index contributed by atoms with van der Waals surface area (Å²) in [5.41, 5.74) is 32.7. The smallest absolute Gasteiger partial charge is 0.324 e. The fourth-order valence-corrected chi connectivity index (χ4v) is 9.42. The van der Waals surface area contributed by atoms with Crippen LogP contribution in [-0.4, -0.2) is 80.4 Å². The molecule has 9 rings (SSSR count). The molecule has 10 heteroatoms. The summed E-state index contributed by atoms with van der Waals surface area (Å²) in [6.45, 7) is 0.0133. The predicted molar refractivity (Wildman–Crippen MR) is 234 cm³/mol. The lowest BCUT2D eigenvalue weighted by molar-refractivity contribution is -0.146. The Morgan fingerprint density at radius 2 is 0.574 bits per heavy atom. The molecule has 3 aliphatic rings. The zero-order chi connectivity index (χ0) is 42.0. The molecule has 6 aromatic carbocycles. The van der Waals surface area contributed by atoms with Crippen molar-refractivity contribution in [3.05, 3.63) is 179 Å². The number of nitrogens with zero attached hydrogens (tertiary/aromatic N) is 1. The van der Waals surface area contributed by atoms with Gasteiger partial charge in [0.25, 0.3) is 0 Å². The number of fused-ring (bicyclic) bond motifs is 9. The average molecular weight is 813 g/mol. The number of ether oxygens (including phenoxy) is 3. The summed E-state index contributed by atoms with van der Waals surface area (Å²) in [5.74, 6) is -2.33. The number of hydrogen-bond donors (Lipinski definition) is 3. The summed E-state index contributed by atoms with van der Waals surface area (Å²) in [6, 6.07) is 45.1. The SMILES string of the molecule is NC(CN(CC(N)C(=O)OCC1c2ccccc2-c2ccccc21)CC(N)C(=O)OCC1c2ccccc2-c2ccccc21)C(=O)OCC1c2ccccc2-c2ccccc21. The van der Waals surface area contributed by atoms with Crippen LogP contribution in [0.4, 0.5) is 0 Å². The molecule has 0 aliphatic heterocycles. The monoisotopic (exact) mass is 812 g/mol. The fraction of sp³-hybridized carbons (Fsp3) is 0.235. The minimum Gasteiger partial charge on any atom is -0.463 e. The molecule has 0 saturated heterocycles. The van der Waals surface area contributed by atoms with Gasteiger partial charge in [0.1, 0.15) is 37.9 Å². The quantitative estimate of drug-likeness (QED) is 0.0790. The van der Waals surface area contributed by atoms with E-state index in [2.05, 4.69) is 36.4 Å². The van der Waals surface area contributed by atoms with E-state index < -0.39 is 36.0 Å². The Kier molecular flexibility index (Phi) is 11.3. The first-order valence-electron chi connectivity index (χ1n) is 20.8. The molecule has 10 nitrogen and oxygen atoms in total. The van der Waals surface area contributed by atoms with Crippen LogP contribution in [-0.2, 0) is 28.6 Å². The molecule has 308 valence electrons. The molecule has 0 heterocycles. The highest BCUT2D eigenvalue weighted by Gasteiger charge is 2.34. The number of rotatable bonds is 15. The van der Waals surface area contributed by atoms with Crippen molar-refractivity contribution in [3.8, 4) is 33.4 Å². The Morgan fingerprint density at radius 1 is 0.377 bits per heavy atom. The number of nitrogens with two attached hydrogens (primary N) is 3. The molecule has 0 bridgehead atoms. The van der Waals surface area contributed by atoms with Crippen molar-refractivity contribution in [2.45, 2.75) is 35.9 Å². The van der Waals surface area contributed by atoms with Crippen LogP contribution in [0.15, 0.2) is 146 Å². The third-order valence-electron chi connectivity index (χ3n) is 12.3. The maximum Gasteiger partial charge on any atom is 0.324 e. The summed E-state index contributed by atoms with van der Waals surface area (Å²) < 4.78 is 17.6. The molecule has 0 aromatic heterocycles. The Hall–Kier alpha value is -6.43. The number of carbonyl (C=O) groups is 3. The highest BCUT2D eigenvalue weighted by molar-refractivity contribution is 5.82. The third-order valence-corrected chi connectivity index (χ3v) is 12.3. The zero-order valence-corrected chi connectivity index (χ0v) is 33.7. The molecule has 0 fully saturated rings. The Bertz CT molecular complexity index is 2190. The van der Waals surface area contributed by atoms with E-state index in [0.29, 0.717) is 0 Å². The molecule has 0 saturated carbocycles. The van der Waals surface area contributed by atoms with E-state index >= 15 is 0 Å². The second-order valence-corrected chi connectivity index (χ2v) is 16.1. The normalized spacial score (nSPS) is 15.1. The van der Waals surface area contributed by atoms with Gasteiger partial charge in [0.05, 0.1) is 0 Å². The van der Waals surface area contributed by atoms with Gasteiger partial charge in [-0.2, -0.15) is 0 Å². The van der Waals surface area contributed by atoms with Crippen molar-refractivity contribution < 1.29 is 28.6 Å². The van der Waals surface area contributed by atoms with E-state index in [-0.39, 0.29) is 57.2 Å². The maximum atomic E-state index is 13.6. The Balaban J connectivity index is 0.871. The Labute approximate surface area is 355 Å². The van der Waals surface area contributed by atoms with Crippen LogP contribution in [0.3, 0.4) is 0 Å². The summed E-state index contributed by atoms with van der Waals surface area (Å²) in [4.78, 5) is 42.4. The highest BCUT2D eigenvalue weighted by Crippen LogP contribution is 2.47. The van der Waals surface area contributed by atoms with E-state index in [9.17, 15) is 14.4 Å². The largest absolute Gasteiger partial charge is 0.463 e. The van der Waals surface area contributed by atoms with Gasteiger partial charge < -0.3 is 31.4 Å². The van der Waals surface area contributed by atoms with Gasteiger partial charge in [-0.05, 0) is 66.8 Å². The van der Waals surface area contributed by atoms with Crippen LogP contribution in [0.5, 0.6) is 0 Å². The number of hydrogen-bond acceptors (Lipinski definition) is 10. The van der Waals surface area contributed by atoms with Crippen LogP contribution < -0.4 is 17.2 Å². The van der Waals surface area contributed by atoms with Crippen molar-refractivity contribution in [3.63, 3.8) is 0 Å².